The second-order valence-electron chi connectivity index (χ2n) is 5.91. The molecule has 1 aliphatic carbocycles. The summed E-state index contributed by atoms with van der Waals surface area (Å²) in [6, 6.07) is 5.73. The van der Waals surface area contributed by atoms with Crippen LogP contribution in [0.5, 0.6) is 0 Å². The lowest BCUT2D eigenvalue weighted by molar-refractivity contribution is 0.356. The molecule has 1 aromatic carbocycles. The summed E-state index contributed by atoms with van der Waals surface area (Å²) >= 11 is 0. The lowest BCUT2D eigenvalue weighted by Gasteiger charge is -2.24. The molecule has 1 unspecified atom stereocenters. The van der Waals surface area contributed by atoms with Crippen LogP contribution in [-0.2, 0) is 10.0 Å². The van der Waals surface area contributed by atoms with E-state index in [4.69, 9.17) is 0 Å². The number of nitrogens with zero attached hydrogens (tertiary/aromatic N) is 1. The molecule has 0 radical (unpaired) electrons. The molecule has 0 spiro atoms. The molecule has 3 rings (SSSR count). The summed E-state index contributed by atoms with van der Waals surface area (Å²) in [6.45, 7) is 4.67. The van der Waals surface area contributed by atoms with Crippen molar-refractivity contribution in [3.8, 4) is 0 Å². The van der Waals surface area contributed by atoms with Gasteiger partial charge in [-0.2, -0.15) is 4.31 Å². The predicted octanol–water partition coefficient (Wildman–Crippen LogP) is 2.87. The molecule has 19 heavy (non-hydrogen) atoms. The van der Waals surface area contributed by atoms with Gasteiger partial charge in [0.2, 0.25) is 10.0 Å². The van der Waals surface area contributed by atoms with E-state index in [0.29, 0.717) is 17.4 Å². The van der Waals surface area contributed by atoms with Gasteiger partial charge in [0.1, 0.15) is 0 Å². The smallest absolute Gasteiger partial charge is 0.207 e. The van der Waals surface area contributed by atoms with Gasteiger partial charge in [-0.05, 0) is 68.7 Å². The third-order valence-electron chi connectivity index (χ3n) is 4.50. The van der Waals surface area contributed by atoms with Gasteiger partial charge in [0.15, 0.2) is 0 Å². The average molecular weight is 279 g/mol. The Kier molecular flexibility index (Phi) is 3.18. The Hall–Kier alpha value is -0.870. The summed E-state index contributed by atoms with van der Waals surface area (Å²) in [5, 5.41) is 0. The summed E-state index contributed by atoms with van der Waals surface area (Å²) in [7, 11) is -3.30. The first-order valence-corrected chi connectivity index (χ1v) is 8.53. The highest BCUT2D eigenvalue weighted by molar-refractivity contribution is 7.89. The second-order valence-corrected chi connectivity index (χ2v) is 7.80. The summed E-state index contributed by atoms with van der Waals surface area (Å²) in [5.74, 6) is 0.615. The first-order chi connectivity index (χ1) is 9.00. The van der Waals surface area contributed by atoms with Crippen LogP contribution in [-0.4, -0.2) is 25.3 Å². The van der Waals surface area contributed by atoms with Crippen molar-refractivity contribution in [2.45, 2.75) is 50.5 Å². The predicted molar refractivity (Wildman–Crippen MR) is 75.6 cm³/mol. The van der Waals surface area contributed by atoms with Crippen LogP contribution in [0.1, 0.15) is 36.8 Å². The maximum absolute atomic E-state index is 12.8. The van der Waals surface area contributed by atoms with Crippen molar-refractivity contribution in [3.05, 3.63) is 29.3 Å². The Balaban J connectivity index is 1.94. The summed E-state index contributed by atoms with van der Waals surface area (Å²) in [5.41, 5.74) is 2.18. The van der Waals surface area contributed by atoms with Gasteiger partial charge in [-0.3, -0.25) is 0 Å². The van der Waals surface area contributed by atoms with Crippen LogP contribution >= 0.6 is 0 Å². The standard InChI is InChI=1S/C15H21NO2S/c1-11-5-8-14(10-12(11)2)19(17,18)16-9-3-4-15(16)13-6-7-13/h5,8,10,13,15H,3-4,6-7,9H2,1-2H3. The van der Waals surface area contributed by atoms with Crippen LogP contribution in [0, 0.1) is 19.8 Å². The number of sulfonamides is 1. The summed E-state index contributed by atoms with van der Waals surface area (Å²) < 4.78 is 27.3. The quantitative estimate of drug-likeness (QED) is 0.853. The van der Waals surface area contributed by atoms with Gasteiger partial charge in [0, 0.05) is 12.6 Å². The average Bonchev–Trinajstić information content (AvgIpc) is 3.09. The van der Waals surface area contributed by atoms with E-state index >= 15 is 0 Å². The first-order valence-electron chi connectivity index (χ1n) is 7.09. The zero-order valence-electron chi connectivity index (χ0n) is 11.6. The highest BCUT2D eigenvalue weighted by Gasteiger charge is 2.43. The normalized spacial score (nSPS) is 24.8. The molecule has 1 heterocycles. The molecule has 1 aliphatic heterocycles. The highest BCUT2D eigenvalue weighted by atomic mass is 32.2. The van der Waals surface area contributed by atoms with E-state index in [-0.39, 0.29) is 6.04 Å². The van der Waals surface area contributed by atoms with E-state index in [1.165, 1.54) is 12.8 Å². The van der Waals surface area contributed by atoms with Crippen LogP contribution in [0.3, 0.4) is 0 Å². The topological polar surface area (TPSA) is 37.4 Å². The molecule has 0 N–H and O–H groups in total. The number of benzene rings is 1. The Morgan fingerprint density at radius 1 is 1.11 bits per heavy atom. The molecule has 3 nitrogen and oxygen atoms in total. The van der Waals surface area contributed by atoms with E-state index in [2.05, 4.69) is 0 Å². The molecule has 0 amide bonds. The van der Waals surface area contributed by atoms with Crippen LogP contribution in [0.2, 0.25) is 0 Å². The van der Waals surface area contributed by atoms with E-state index in [9.17, 15) is 8.42 Å². The largest absolute Gasteiger partial charge is 0.243 e. The third-order valence-corrected chi connectivity index (χ3v) is 6.42. The van der Waals surface area contributed by atoms with Gasteiger partial charge in [0.25, 0.3) is 0 Å². The molecular weight excluding hydrogens is 258 g/mol. The van der Waals surface area contributed by atoms with Crippen molar-refractivity contribution >= 4 is 10.0 Å². The molecule has 1 saturated carbocycles. The highest BCUT2D eigenvalue weighted by Crippen LogP contribution is 2.42. The van der Waals surface area contributed by atoms with E-state index in [1.807, 2.05) is 26.0 Å². The Labute approximate surface area is 115 Å². The molecule has 0 bridgehead atoms. The Bertz CT molecular complexity index is 590. The Morgan fingerprint density at radius 3 is 2.47 bits per heavy atom. The SMILES string of the molecule is Cc1ccc(S(=O)(=O)N2CCCC2C2CC2)cc1C. The van der Waals surface area contributed by atoms with Crippen LogP contribution in [0.15, 0.2) is 23.1 Å². The minimum Gasteiger partial charge on any atom is -0.207 e. The molecule has 4 heteroatoms. The minimum atomic E-state index is -3.30. The monoisotopic (exact) mass is 279 g/mol. The van der Waals surface area contributed by atoms with Crippen LogP contribution in [0.25, 0.3) is 0 Å². The fraction of sp³-hybridized carbons (Fsp3) is 0.600. The van der Waals surface area contributed by atoms with Gasteiger partial charge < -0.3 is 0 Å². The fourth-order valence-electron chi connectivity index (χ4n) is 3.03. The van der Waals surface area contributed by atoms with Gasteiger partial charge in [-0.25, -0.2) is 8.42 Å². The second kappa shape index (κ2) is 4.60. The number of aryl methyl sites for hydroxylation is 2. The van der Waals surface area contributed by atoms with E-state index < -0.39 is 10.0 Å². The van der Waals surface area contributed by atoms with Crippen molar-refractivity contribution < 1.29 is 8.42 Å². The fourth-order valence-corrected chi connectivity index (χ4v) is 4.87. The zero-order chi connectivity index (χ0) is 13.6. The lowest BCUT2D eigenvalue weighted by Crippen LogP contribution is -2.36. The van der Waals surface area contributed by atoms with Crippen molar-refractivity contribution in [2.24, 2.45) is 5.92 Å². The van der Waals surface area contributed by atoms with Gasteiger partial charge in [-0.15, -0.1) is 0 Å². The van der Waals surface area contributed by atoms with E-state index in [0.717, 1.165) is 24.0 Å². The Morgan fingerprint density at radius 2 is 1.84 bits per heavy atom. The molecule has 2 aliphatic rings. The summed E-state index contributed by atoms with van der Waals surface area (Å²) in [6.07, 6.45) is 4.44. The van der Waals surface area contributed by atoms with Crippen LogP contribution in [0.4, 0.5) is 0 Å². The number of hydrogen-bond donors (Lipinski definition) is 0. The maximum atomic E-state index is 12.8. The number of rotatable bonds is 3. The lowest BCUT2D eigenvalue weighted by atomic mass is 10.1. The molecule has 1 atom stereocenters. The third kappa shape index (κ3) is 2.32. The molecule has 2 fully saturated rings. The zero-order valence-corrected chi connectivity index (χ0v) is 12.4. The molecular formula is C15H21NO2S. The van der Waals surface area contributed by atoms with Crippen molar-refractivity contribution in [3.63, 3.8) is 0 Å². The minimum absolute atomic E-state index is 0.256. The van der Waals surface area contributed by atoms with E-state index in [1.54, 1.807) is 10.4 Å². The van der Waals surface area contributed by atoms with Crippen LogP contribution < -0.4 is 0 Å². The molecule has 1 saturated heterocycles. The molecule has 0 aromatic heterocycles. The van der Waals surface area contributed by atoms with Crippen molar-refractivity contribution in [1.82, 2.24) is 4.31 Å². The van der Waals surface area contributed by atoms with Crippen molar-refractivity contribution in [1.29, 1.82) is 0 Å². The van der Waals surface area contributed by atoms with Gasteiger partial charge in [-0.1, -0.05) is 6.07 Å². The maximum Gasteiger partial charge on any atom is 0.243 e. The van der Waals surface area contributed by atoms with Gasteiger partial charge in [0.05, 0.1) is 4.90 Å². The number of hydrogen-bond acceptors (Lipinski definition) is 2. The van der Waals surface area contributed by atoms with Gasteiger partial charge >= 0.3 is 0 Å². The molecule has 104 valence electrons. The summed E-state index contributed by atoms with van der Waals surface area (Å²) in [4.78, 5) is 0.461. The first kappa shape index (κ1) is 13.1. The molecule has 1 aromatic rings. The van der Waals surface area contributed by atoms with Crippen molar-refractivity contribution in [2.75, 3.05) is 6.54 Å².